The van der Waals surface area contributed by atoms with Crippen LogP contribution in [0.1, 0.15) is 51.0 Å². The molecule has 48 heavy (non-hydrogen) atoms. The Morgan fingerprint density at radius 1 is 0.938 bits per heavy atom. The molecule has 2 atom stereocenters. The number of halogens is 1. The third-order valence-electron chi connectivity index (χ3n) is 9.57. The maximum Gasteiger partial charge on any atom is 0.279 e. The van der Waals surface area contributed by atoms with Gasteiger partial charge in [-0.25, -0.2) is 19.3 Å². The number of rotatable bonds is 7. The number of thiazole rings is 1. The summed E-state index contributed by atoms with van der Waals surface area (Å²) < 4.78 is 15.6. The summed E-state index contributed by atoms with van der Waals surface area (Å²) in [5, 5.41) is 12.1. The highest BCUT2D eigenvalue weighted by Gasteiger charge is 2.42. The lowest BCUT2D eigenvalue weighted by molar-refractivity contribution is -0.142. The second kappa shape index (κ2) is 13.4. The van der Waals surface area contributed by atoms with Crippen molar-refractivity contribution in [1.82, 2.24) is 29.3 Å². The van der Waals surface area contributed by atoms with Gasteiger partial charge in [-0.2, -0.15) is 0 Å². The van der Waals surface area contributed by atoms with Gasteiger partial charge in [0.2, 0.25) is 5.91 Å². The molecule has 10 nitrogen and oxygen atoms in total. The molecule has 5 heterocycles. The van der Waals surface area contributed by atoms with Gasteiger partial charge in [0.25, 0.3) is 11.5 Å². The lowest BCUT2D eigenvalue weighted by atomic mass is 9.79. The normalized spacial score (nSPS) is 19.4. The number of likely N-dealkylation sites (tertiary alicyclic amines) is 2. The van der Waals surface area contributed by atoms with E-state index in [-0.39, 0.29) is 47.1 Å². The average Bonchev–Trinajstić information content (AvgIpc) is 3.59. The lowest BCUT2D eigenvalue weighted by Crippen LogP contribution is -2.53. The minimum absolute atomic E-state index is 0.0108. The fraction of sp³-hybridized carbons (Fsp3) is 0.333. The van der Waals surface area contributed by atoms with Gasteiger partial charge in [0.1, 0.15) is 10.7 Å². The Hall–Kier alpha value is -4.81. The van der Waals surface area contributed by atoms with Gasteiger partial charge in [-0.3, -0.25) is 19.0 Å². The van der Waals surface area contributed by atoms with Gasteiger partial charge in [0.15, 0.2) is 5.52 Å². The third kappa shape index (κ3) is 6.50. The van der Waals surface area contributed by atoms with Gasteiger partial charge in [-0.05, 0) is 48.6 Å². The summed E-state index contributed by atoms with van der Waals surface area (Å²) in [4.78, 5) is 57.7. The van der Waals surface area contributed by atoms with Crippen molar-refractivity contribution in [3.63, 3.8) is 0 Å². The number of pyridine rings is 1. The van der Waals surface area contributed by atoms with E-state index in [1.807, 2.05) is 35.2 Å². The second-order valence-corrected chi connectivity index (χ2v) is 13.8. The number of piperidine rings is 2. The topological polar surface area (TPSA) is 122 Å². The zero-order valence-corrected chi connectivity index (χ0v) is 27.1. The van der Waals surface area contributed by atoms with Crippen LogP contribution in [0, 0.1) is 11.7 Å². The highest BCUT2D eigenvalue weighted by molar-refractivity contribution is 7.13. The lowest BCUT2D eigenvalue weighted by Gasteiger charge is -2.43. The van der Waals surface area contributed by atoms with Crippen molar-refractivity contribution >= 4 is 34.2 Å². The molecule has 3 aromatic heterocycles. The Balaban J connectivity index is 1.03. The van der Waals surface area contributed by atoms with Crippen LogP contribution in [0.3, 0.4) is 0 Å². The molecule has 12 heteroatoms. The molecule has 0 aliphatic carbocycles. The summed E-state index contributed by atoms with van der Waals surface area (Å²) >= 11 is 1.27. The number of hydrogen-bond donors (Lipinski definition) is 1. The highest BCUT2D eigenvalue weighted by atomic mass is 32.1. The van der Waals surface area contributed by atoms with Crippen LogP contribution >= 0.6 is 11.3 Å². The number of hydrogen-bond acceptors (Lipinski definition) is 8. The predicted octanol–water partition coefficient (Wildman–Crippen LogP) is 4.28. The Kier molecular flexibility index (Phi) is 8.84. The van der Waals surface area contributed by atoms with Gasteiger partial charge in [0, 0.05) is 50.6 Å². The average molecular weight is 667 g/mol. The molecule has 0 unspecified atom stereocenters. The molecule has 5 aromatic rings. The molecule has 246 valence electrons. The van der Waals surface area contributed by atoms with Crippen molar-refractivity contribution in [2.24, 2.45) is 5.92 Å². The number of carbonyl (C=O) groups is 2. The Morgan fingerprint density at radius 3 is 2.50 bits per heavy atom. The summed E-state index contributed by atoms with van der Waals surface area (Å²) in [6, 6.07) is 19.8. The first kappa shape index (κ1) is 31.8. The van der Waals surface area contributed by atoms with Crippen molar-refractivity contribution in [2.45, 2.75) is 43.7 Å². The van der Waals surface area contributed by atoms with Crippen LogP contribution in [-0.4, -0.2) is 78.0 Å². The maximum absolute atomic E-state index is 14.2. The standard InChI is InChI=1S/C36H35FN6O4S/c37-28-10-5-4-9-25(28)19-31-39-20-30(48-31)34(45)42-16-12-26(27(21-42)24-7-2-1-3-8-24)33(44)41-17-13-36(47,14-18-41)22-43-23-40-29-11-6-15-38-32(29)35(43)46/h1-11,15,20,23,26-27,47H,12-14,16-19,21-22H2/t26-,27+/m1/s1. The van der Waals surface area contributed by atoms with Crippen LogP contribution in [0.15, 0.2) is 90.2 Å². The Labute approximate surface area is 280 Å². The predicted molar refractivity (Wildman–Crippen MR) is 179 cm³/mol. The van der Waals surface area contributed by atoms with E-state index in [2.05, 4.69) is 15.0 Å². The zero-order chi connectivity index (χ0) is 33.3. The number of fused-ring (bicyclic) bond motifs is 1. The molecular weight excluding hydrogens is 631 g/mol. The van der Waals surface area contributed by atoms with Crippen molar-refractivity contribution in [3.8, 4) is 0 Å². The van der Waals surface area contributed by atoms with Crippen molar-refractivity contribution in [2.75, 3.05) is 26.2 Å². The van der Waals surface area contributed by atoms with E-state index in [4.69, 9.17) is 0 Å². The van der Waals surface area contributed by atoms with Gasteiger partial charge < -0.3 is 14.9 Å². The summed E-state index contributed by atoms with van der Waals surface area (Å²) in [5.41, 5.74) is 0.804. The van der Waals surface area contributed by atoms with E-state index in [1.165, 1.54) is 28.3 Å². The fourth-order valence-corrected chi connectivity index (χ4v) is 7.78. The van der Waals surface area contributed by atoms with Crippen LogP contribution in [0.4, 0.5) is 4.39 Å². The van der Waals surface area contributed by atoms with Gasteiger partial charge >= 0.3 is 0 Å². The third-order valence-corrected chi connectivity index (χ3v) is 10.6. The molecule has 0 spiro atoms. The molecule has 2 fully saturated rings. The first-order valence-corrected chi connectivity index (χ1v) is 16.9. The molecule has 0 radical (unpaired) electrons. The first-order chi connectivity index (χ1) is 23.3. The molecule has 1 N–H and O–H groups in total. The molecule has 2 amide bonds. The summed E-state index contributed by atoms with van der Waals surface area (Å²) in [6.07, 6.45) is 5.99. The van der Waals surface area contributed by atoms with Gasteiger partial charge in [-0.15, -0.1) is 11.3 Å². The van der Waals surface area contributed by atoms with Crippen LogP contribution in [0.25, 0.3) is 11.0 Å². The van der Waals surface area contributed by atoms with E-state index in [0.717, 1.165) is 5.56 Å². The molecule has 2 aliphatic rings. The number of aromatic nitrogens is 4. The minimum Gasteiger partial charge on any atom is -0.388 e. The second-order valence-electron chi connectivity index (χ2n) is 12.6. The number of aliphatic hydroxyl groups is 1. The Bertz CT molecular complexity index is 2010. The van der Waals surface area contributed by atoms with E-state index >= 15 is 0 Å². The van der Waals surface area contributed by atoms with Crippen LogP contribution < -0.4 is 5.56 Å². The zero-order valence-electron chi connectivity index (χ0n) is 26.2. The SMILES string of the molecule is O=C(c1cnc(Cc2ccccc2F)s1)N1CC[C@@H](C(=O)N2CCC(O)(Cn3cnc4cccnc4c3=O)CC2)[C@H](c2ccccc2)C1. The van der Waals surface area contributed by atoms with Crippen LogP contribution in [-0.2, 0) is 17.8 Å². The van der Waals surface area contributed by atoms with Crippen molar-refractivity contribution in [3.05, 3.63) is 123 Å². The van der Waals surface area contributed by atoms with E-state index in [0.29, 0.717) is 72.8 Å². The maximum atomic E-state index is 14.2. The first-order valence-electron chi connectivity index (χ1n) is 16.1. The summed E-state index contributed by atoms with van der Waals surface area (Å²) in [7, 11) is 0. The number of carbonyl (C=O) groups excluding carboxylic acids is 2. The highest BCUT2D eigenvalue weighted by Crippen LogP contribution is 2.36. The molecular formula is C36H35FN6O4S. The van der Waals surface area contributed by atoms with E-state index in [9.17, 15) is 23.9 Å². The summed E-state index contributed by atoms with van der Waals surface area (Å²) in [5.74, 6) is -0.976. The fourth-order valence-electron chi connectivity index (χ4n) is 6.87. The summed E-state index contributed by atoms with van der Waals surface area (Å²) in [6.45, 7) is 1.58. The van der Waals surface area contributed by atoms with Gasteiger partial charge in [-0.1, -0.05) is 48.5 Å². The van der Waals surface area contributed by atoms with Crippen LogP contribution in [0.2, 0.25) is 0 Å². The minimum atomic E-state index is -1.17. The molecule has 2 saturated heterocycles. The smallest absolute Gasteiger partial charge is 0.279 e. The van der Waals surface area contributed by atoms with Crippen molar-refractivity contribution < 1.29 is 19.1 Å². The largest absolute Gasteiger partial charge is 0.388 e. The molecule has 2 aromatic carbocycles. The quantitative estimate of drug-likeness (QED) is 0.275. The number of amides is 2. The van der Waals surface area contributed by atoms with Crippen LogP contribution in [0.5, 0.6) is 0 Å². The monoisotopic (exact) mass is 666 g/mol. The molecule has 7 rings (SSSR count). The molecule has 0 saturated carbocycles. The number of benzene rings is 2. The Morgan fingerprint density at radius 2 is 1.71 bits per heavy atom. The molecule has 2 aliphatic heterocycles. The molecule has 0 bridgehead atoms. The van der Waals surface area contributed by atoms with E-state index < -0.39 is 5.60 Å². The van der Waals surface area contributed by atoms with E-state index in [1.54, 1.807) is 47.6 Å². The van der Waals surface area contributed by atoms with Gasteiger partial charge in [0.05, 0.1) is 35.2 Å². The number of nitrogens with zero attached hydrogens (tertiary/aromatic N) is 6. The van der Waals surface area contributed by atoms with Crippen molar-refractivity contribution in [1.29, 1.82) is 0 Å².